The molecule has 2 heterocycles. The Morgan fingerprint density at radius 2 is 1.93 bits per heavy atom. The quantitative estimate of drug-likeness (QED) is 0.703. The second-order valence-corrected chi connectivity index (χ2v) is 7.12. The minimum atomic E-state index is 0.479. The van der Waals surface area contributed by atoms with E-state index in [0.29, 0.717) is 12.2 Å². The Kier molecular flexibility index (Phi) is 4.10. The summed E-state index contributed by atoms with van der Waals surface area (Å²) in [4.78, 5) is 7.26. The van der Waals surface area contributed by atoms with E-state index < -0.39 is 0 Å². The van der Waals surface area contributed by atoms with Gasteiger partial charge >= 0.3 is 0 Å². The van der Waals surface area contributed by atoms with Gasteiger partial charge < -0.3 is 14.2 Å². The molecule has 5 nitrogen and oxygen atoms in total. The van der Waals surface area contributed by atoms with Crippen molar-refractivity contribution in [3.63, 3.8) is 0 Å². The maximum Gasteiger partial charge on any atom is 0.122 e. The molecule has 5 heteroatoms. The molecule has 5 rings (SSSR count). The summed E-state index contributed by atoms with van der Waals surface area (Å²) < 4.78 is 8.32. The molecule has 0 saturated heterocycles. The van der Waals surface area contributed by atoms with Crippen LogP contribution in [0.15, 0.2) is 66.4 Å². The Bertz CT molecular complexity index is 1130. The van der Waals surface area contributed by atoms with Crippen molar-refractivity contribution in [3.8, 4) is 11.8 Å². The van der Waals surface area contributed by atoms with Crippen LogP contribution in [0, 0.1) is 11.3 Å². The second kappa shape index (κ2) is 6.90. The number of imidazole rings is 1. The van der Waals surface area contributed by atoms with E-state index >= 15 is 0 Å². The topological polar surface area (TPSA) is 54.1 Å². The van der Waals surface area contributed by atoms with Gasteiger partial charge in [0.2, 0.25) is 0 Å². The zero-order valence-corrected chi connectivity index (χ0v) is 15.5. The van der Waals surface area contributed by atoms with E-state index in [1.54, 1.807) is 0 Å². The summed E-state index contributed by atoms with van der Waals surface area (Å²) >= 11 is 0. The number of hydrogen-bond donors (Lipinski definition) is 0. The van der Waals surface area contributed by atoms with Crippen LogP contribution < -0.4 is 4.74 Å². The van der Waals surface area contributed by atoms with Crippen molar-refractivity contribution in [2.75, 3.05) is 13.1 Å². The maximum absolute atomic E-state index is 8.90. The molecule has 0 amide bonds. The summed E-state index contributed by atoms with van der Waals surface area (Å²) in [5.41, 5.74) is 5.18. The predicted octanol–water partition coefficient (Wildman–Crippen LogP) is 3.80. The molecule has 28 heavy (non-hydrogen) atoms. The van der Waals surface area contributed by atoms with Crippen LogP contribution in [0.5, 0.6) is 5.75 Å². The highest BCUT2D eigenvalue weighted by Gasteiger charge is 2.19. The van der Waals surface area contributed by atoms with E-state index in [0.717, 1.165) is 54.2 Å². The van der Waals surface area contributed by atoms with Gasteiger partial charge in [0.15, 0.2) is 0 Å². The zero-order valence-electron chi connectivity index (χ0n) is 15.5. The van der Waals surface area contributed by atoms with Gasteiger partial charge in [-0.2, -0.15) is 5.26 Å². The van der Waals surface area contributed by atoms with E-state index in [1.807, 2.05) is 36.4 Å². The lowest BCUT2D eigenvalue weighted by atomic mass is 10.1. The highest BCUT2D eigenvalue weighted by molar-refractivity contribution is 5.78. The molecule has 1 aliphatic heterocycles. The van der Waals surface area contributed by atoms with Crippen LogP contribution in [0.25, 0.3) is 11.0 Å². The molecule has 0 unspecified atom stereocenters. The number of nitriles is 1. The zero-order chi connectivity index (χ0) is 18.9. The minimum Gasteiger partial charge on any atom is -0.489 e. The Morgan fingerprint density at radius 3 is 2.68 bits per heavy atom. The van der Waals surface area contributed by atoms with Crippen LogP contribution in [0.4, 0.5) is 0 Å². The fourth-order valence-corrected chi connectivity index (χ4v) is 3.74. The fourth-order valence-electron chi connectivity index (χ4n) is 3.74. The molecular weight excluding hydrogens is 348 g/mol. The van der Waals surface area contributed by atoms with Gasteiger partial charge in [-0.1, -0.05) is 18.2 Å². The lowest BCUT2D eigenvalue weighted by molar-refractivity contribution is 0.306. The first kappa shape index (κ1) is 16.6. The van der Waals surface area contributed by atoms with Gasteiger partial charge in [0.25, 0.3) is 0 Å². The molecule has 0 saturated carbocycles. The van der Waals surface area contributed by atoms with E-state index in [1.165, 1.54) is 5.70 Å². The number of allylic oxidation sites excluding steroid dienone is 3. The number of rotatable bonds is 4. The molecule has 1 aromatic heterocycles. The first-order chi connectivity index (χ1) is 13.8. The van der Waals surface area contributed by atoms with Gasteiger partial charge in [-0.25, -0.2) is 4.98 Å². The summed E-state index contributed by atoms with van der Waals surface area (Å²) in [6.07, 6.45) is 7.37. The fraction of sp³-hybridized carbons (Fsp3) is 0.217. The van der Waals surface area contributed by atoms with Gasteiger partial charge in [0, 0.05) is 37.8 Å². The predicted molar refractivity (Wildman–Crippen MR) is 108 cm³/mol. The molecule has 1 aliphatic carbocycles. The van der Waals surface area contributed by atoms with Crippen molar-refractivity contribution < 1.29 is 4.74 Å². The molecule has 3 aromatic rings. The number of nitrogens with zero attached hydrogens (tertiary/aromatic N) is 4. The van der Waals surface area contributed by atoms with Gasteiger partial charge in [-0.15, -0.1) is 0 Å². The Morgan fingerprint density at radius 1 is 1.07 bits per heavy atom. The van der Waals surface area contributed by atoms with Crippen LogP contribution in [0.3, 0.4) is 0 Å². The highest BCUT2D eigenvalue weighted by Crippen LogP contribution is 2.26. The molecular formula is C23H20N4O. The Labute approximate surface area is 163 Å². The third kappa shape index (κ3) is 3.03. The van der Waals surface area contributed by atoms with Crippen LogP contribution in [-0.4, -0.2) is 27.5 Å². The molecule has 0 atom stereocenters. The summed E-state index contributed by atoms with van der Waals surface area (Å²) in [6.45, 7) is 3.40. The van der Waals surface area contributed by atoms with Crippen LogP contribution >= 0.6 is 0 Å². The average Bonchev–Trinajstić information content (AvgIpc) is 2.91. The van der Waals surface area contributed by atoms with Crippen molar-refractivity contribution in [1.29, 1.82) is 5.26 Å². The molecule has 138 valence electrons. The number of fused-ring (bicyclic) bond motifs is 3. The number of hydrogen-bond acceptors (Lipinski definition) is 4. The highest BCUT2D eigenvalue weighted by atomic mass is 16.5. The van der Waals surface area contributed by atoms with E-state index in [9.17, 15) is 0 Å². The minimum absolute atomic E-state index is 0.479. The Balaban J connectivity index is 1.34. The summed E-state index contributed by atoms with van der Waals surface area (Å²) in [7, 11) is 0. The average molecular weight is 368 g/mol. The van der Waals surface area contributed by atoms with E-state index in [-0.39, 0.29) is 0 Å². The number of benzene rings is 2. The molecule has 0 radical (unpaired) electrons. The van der Waals surface area contributed by atoms with Gasteiger partial charge in [0.1, 0.15) is 18.2 Å². The lowest BCUT2D eigenvalue weighted by Crippen LogP contribution is -2.26. The molecule has 0 spiro atoms. The molecule has 0 N–H and O–H groups in total. The standard InChI is InChI=1S/C23H20N4O/c24-15-17-4-6-18(7-5-17)16-28-20-8-9-21-22(14-20)27-13-12-26(19-2-1-3-19)11-10-23(27)25-21/h1-9,14H,10-13,16H2. The Hall–Kier alpha value is -3.52. The van der Waals surface area contributed by atoms with Crippen molar-refractivity contribution in [2.45, 2.75) is 19.6 Å². The smallest absolute Gasteiger partial charge is 0.122 e. The second-order valence-electron chi connectivity index (χ2n) is 7.12. The molecule has 2 aliphatic rings. The molecule has 0 fully saturated rings. The van der Waals surface area contributed by atoms with Crippen molar-refractivity contribution in [3.05, 3.63) is 83.3 Å². The third-order valence-electron chi connectivity index (χ3n) is 5.39. The number of aromatic nitrogens is 2. The monoisotopic (exact) mass is 368 g/mol. The maximum atomic E-state index is 8.90. The normalized spacial score (nSPS) is 15.4. The molecule has 0 bridgehead atoms. The van der Waals surface area contributed by atoms with Crippen LogP contribution in [-0.2, 0) is 19.6 Å². The van der Waals surface area contributed by atoms with Crippen LogP contribution in [0.2, 0.25) is 0 Å². The molecule has 2 aromatic carbocycles. The van der Waals surface area contributed by atoms with Crippen molar-refractivity contribution >= 4 is 11.0 Å². The van der Waals surface area contributed by atoms with E-state index in [4.69, 9.17) is 15.0 Å². The first-order valence-corrected chi connectivity index (χ1v) is 9.54. The van der Waals surface area contributed by atoms with Crippen LogP contribution in [0.1, 0.15) is 17.0 Å². The largest absolute Gasteiger partial charge is 0.489 e. The van der Waals surface area contributed by atoms with Gasteiger partial charge in [0.05, 0.1) is 22.7 Å². The summed E-state index contributed by atoms with van der Waals surface area (Å²) in [5.74, 6) is 1.98. The first-order valence-electron chi connectivity index (χ1n) is 9.54. The van der Waals surface area contributed by atoms with Gasteiger partial charge in [-0.3, -0.25) is 0 Å². The SMILES string of the molecule is N#Cc1ccc(COc2ccc3nc4n(c3c2)CCN(C2=CC=C2)CC4)cc1. The lowest BCUT2D eigenvalue weighted by Gasteiger charge is -2.25. The van der Waals surface area contributed by atoms with Crippen molar-refractivity contribution in [2.24, 2.45) is 0 Å². The summed E-state index contributed by atoms with van der Waals surface area (Å²) in [5, 5.41) is 8.90. The van der Waals surface area contributed by atoms with Gasteiger partial charge in [-0.05, 0) is 42.0 Å². The number of ether oxygens (including phenoxy) is 1. The third-order valence-corrected chi connectivity index (χ3v) is 5.39. The summed E-state index contributed by atoms with van der Waals surface area (Å²) in [6, 6.07) is 15.7. The van der Waals surface area contributed by atoms with E-state index in [2.05, 4.69) is 39.8 Å². The van der Waals surface area contributed by atoms with Crippen molar-refractivity contribution in [1.82, 2.24) is 14.5 Å².